The molecule has 1 aliphatic heterocycles. The van der Waals surface area contributed by atoms with Crippen LogP contribution in [0.1, 0.15) is 17.5 Å². The highest BCUT2D eigenvalue weighted by Gasteiger charge is 2.23. The van der Waals surface area contributed by atoms with Crippen LogP contribution in [0.3, 0.4) is 0 Å². The Labute approximate surface area is 161 Å². The molecule has 4 aromatic rings. The van der Waals surface area contributed by atoms with Crippen molar-refractivity contribution < 1.29 is 9.21 Å². The Morgan fingerprint density at radius 3 is 2.96 bits per heavy atom. The molecule has 1 aliphatic rings. The predicted octanol–water partition coefficient (Wildman–Crippen LogP) is 3.43. The molecular formula is C22H19N3O3. The van der Waals surface area contributed by atoms with Crippen molar-refractivity contribution in [2.45, 2.75) is 26.3 Å². The zero-order chi connectivity index (χ0) is 19.3. The lowest BCUT2D eigenvalue weighted by molar-refractivity contribution is -0.119. The van der Waals surface area contributed by atoms with Crippen molar-refractivity contribution >= 4 is 33.7 Å². The van der Waals surface area contributed by atoms with Crippen molar-refractivity contribution in [2.75, 3.05) is 11.4 Å². The summed E-state index contributed by atoms with van der Waals surface area (Å²) < 4.78 is 7.03. The van der Waals surface area contributed by atoms with Crippen molar-refractivity contribution in [3.8, 4) is 0 Å². The zero-order valence-electron chi connectivity index (χ0n) is 15.5. The second-order valence-corrected chi connectivity index (χ2v) is 7.23. The monoisotopic (exact) mass is 373 g/mol. The molecule has 28 heavy (non-hydrogen) atoms. The van der Waals surface area contributed by atoms with E-state index < -0.39 is 0 Å². The molecular weight excluding hydrogens is 354 g/mol. The molecule has 0 radical (unpaired) electrons. The van der Waals surface area contributed by atoms with Gasteiger partial charge in [-0.1, -0.05) is 29.8 Å². The third-order valence-corrected chi connectivity index (χ3v) is 5.31. The van der Waals surface area contributed by atoms with E-state index >= 15 is 0 Å². The fourth-order valence-electron chi connectivity index (χ4n) is 3.94. The fourth-order valence-corrected chi connectivity index (χ4v) is 3.94. The Kier molecular flexibility index (Phi) is 3.79. The van der Waals surface area contributed by atoms with Crippen LogP contribution < -0.4 is 10.5 Å². The van der Waals surface area contributed by atoms with E-state index in [2.05, 4.69) is 18.0 Å². The molecule has 0 saturated carbocycles. The molecule has 1 amide bonds. The number of anilines is 1. The smallest absolute Gasteiger partial charge is 0.297 e. The highest BCUT2D eigenvalue weighted by molar-refractivity contribution is 6.02. The first-order valence-electron chi connectivity index (χ1n) is 9.38. The number of para-hydroxylation sites is 1. The van der Waals surface area contributed by atoms with E-state index in [0.717, 1.165) is 23.9 Å². The minimum atomic E-state index is -0.337. The number of nitrogens with zero attached hydrogens (tertiary/aromatic N) is 3. The summed E-state index contributed by atoms with van der Waals surface area (Å²) in [6.45, 7) is 2.64. The third-order valence-electron chi connectivity index (χ3n) is 5.31. The Morgan fingerprint density at radius 1 is 1.21 bits per heavy atom. The number of carbonyl (C=O) groups is 1. The lowest BCUT2D eigenvalue weighted by Gasteiger charge is -2.30. The van der Waals surface area contributed by atoms with E-state index in [9.17, 15) is 9.59 Å². The number of hydrogen-bond donors (Lipinski definition) is 0. The van der Waals surface area contributed by atoms with Gasteiger partial charge in [-0.25, -0.2) is 4.98 Å². The molecule has 0 spiro atoms. The molecule has 2 aromatic carbocycles. The Balaban J connectivity index is 1.51. The molecule has 6 heteroatoms. The van der Waals surface area contributed by atoms with Crippen LogP contribution >= 0.6 is 0 Å². The van der Waals surface area contributed by atoms with Gasteiger partial charge in [-0.3, -0.25) is 14.2 Å². The molecule has 0 saturated heterocycles. The van der Waals surface area contributed by atoms with Gasteiger partial charge >= 0.3 is 0 Å². The average Bonchev–Trinajstić information content (AvgIpc) is 3.09. The van der Waals surface area contributed by atoms with Crippen molar-refractivity contribution in [3.05, 3.63) is 70.3 Å². The van der Waals surface area contributed by atoms with Gasteiger partial charge in [0.1, 0.15) is 17.6 Å². The van der Waals surface area contributed by atoms with E-state index in [1.165, 1.54) is 22.0 Å². The second kappa shape index (κ2) is 6.34. The van der Waals surface area contributed by atoms with E-state index in [4.69, 9.17) is 4.42 Å². The van der Waals surface area contributed by atoms with Gasteiger partial charge in [-0.05, 0) is 43.5 Å². The van der Waals surface area contributed by atoms with Gasteiger partial charge in [0, 0.05) is 17.6 Å². The summed E-state index contributed by atoms with van der Waals surface area (Å²) >= 11 is 0. The summed E-state index contributed by atoms with van der Waals surface area (Å²) in [5.41, 5.74) is 4.30. The van der Waals surface area contributed by atoms with Crippen LogP contribution in [0.2, 0.25) is 0 Å². The Bertz CT molecular complexity index is 1290. The summed E-state index contributed by atoms with van der Waals surface area (Å²) in [6.07, 6.45) is 3.32. The average molecular weight is 373 g/mol. The number of rotatable bonds is 2. The topological polar surface area (TPSA) is 68.3 Å². The number of carbonyl (C=O) groups excluding carboxylic acids is 1. The van der Waals surface area contributed by atoms with Crippen molar-refractivity contribution in [2.24, 2.45) is 0 Å². The van der Waals surface area contributed by atoms with Gasteiger partial charge in [0.15, 0.2) is 0 Å². The molecule has 2 aromatic heterocycles. The zero-order valence-corrected chi connectivity index (χ0v) is 15.5. The minimum Gasteiger partial charge on any atom is -0.448 e. The first-order valence-corrected chi connectivity index (χ1v) is 9.38. The number of benzene rings is 2. The molecule has 0 N–H and O–H groups in total. The molecule has 6 nitrogen and oxygen atoms in total. The second-order valence-electron chi connectivity index (χ2n) is 7.23. The maximum Gasteiger partial charge on any atom is 0.297 e. The van der Waals surface area contributed by atoms with Gasteiger partial charge < -0.3 is 9.32 Å². The Morgan fingerprint density at radius 2 is 2.07 bits per heavy atom. The molecule has 5 rings (SSSR count). The maximum atomic E-state index is 13.0. The van der Waals surface area contributed by atoms with Crippen molar-refractivity contribution in [1.29, 1.82) is 0 Å². The van der Waals surface area contributed by atoms with Crippen LogP contribution in [0.5, 0.6) is 0 Å². The SMILES string of the molecule is Cc1ccc2c(c1)CCCN2C(=O)Cn1cnc2c(oc3ccccc32)c1=O. The summed E-state index contributed by atoms with van der Waals surface area (Å²) in [4.78, 5) is 32.0. The van der Waals surface area contributed by atoms with Crippen molar-refractivity contribution in [3.63, 3.8) is 0 Å². The molecule has 0 atom stereocenters. The van der Waals surface area contributed by atoms with E-state index in [0.29, 0.717) is 17.6 Å². The number of aryl methyl sites for hydroxylation is 2. The highest BCUT2D eigenvalue weighted by Crippen LogP contribution is 2.28. The first-order chi connectivity index (χ1) is 13.6. The summed E-state index contributed by atoms with van der Waals surface area (Å²) in [7, 11) is 0. The standard InChI is InChI=1S/C22H19N3O3/c1-14-8-9-17-15(11-14)5-4-10-25(17)19(26)12-24-13-23-20-16-6-2-3-7-18(16)28-21(20)22(24)27/h2-3,6-9,11,13H,4-5,10,12H2,1H3. The van der Waals surface area contributed by atoms with Gasteiger partial charge in [-0.2, -0.15) is 0 Å². The number of aromatic nitrogens is 2. The minimum absolute atomic E-state index is 0.0634. The van der Waals surface area contributed by atoms with Gasteiger partial charge in [-0.15, -0.1) is 0 Å². The molecule has 0 aliphatic carbocycles. The molecule has 0 unspecified atom stereocenters. The van der Waals surface area contributed by atoms with E-state index in [-0.39, 0.29) is 23.6 Å². The van der Waals surface area contributed by atoms with E-state index in [1.807, 2.05) is 30.3 Å². The number of furan rings is 1. The number of amides is 1. The maximum absolute atomic E-state index is 13.0. The van der Waals surface area contributed by atoms with Crippen LogP contribution in [0.15, 0.2) is 58.0 Å². The number of hydrogen-bond acceptors (Lipinski definition) is 4. The quantitative estimate of drug-likeness (QED) is 0.540. The highest BCUT2D eigenvalue weighted by atomic mass is 16.3. The Hall–Kier alpha value is -3.41. The summed E-state index contributed by atoms with van der Waals surface area (Å²) in [5, 5.41) is 0.799. The van der Waals surface area contributed by atoms with Gasteiger partial charge in [0.05, 0.1) is 6.33 Å². The van der Waals surface area contributed by atoms with Gasteiger partial charge in [0.25, 0.3) is 5.56 Å². The lowest BCUT2D eigenvalue weighted by atomic mass is 9.99. The van der Waals surface area contributed by atoms with Crippen LogP contribution in [-0.4, -0.2) is 22.0 Å². The van der Waals surface area contributed by atoms with Crippen LogP contribution in [-0.2, 0) is 17.8 Å². The number of fused-ring (bicyclic) bond motifs is 4. The summed E-state index contributed by atoms with van der Waals surface area (Å²) in [5.74, 6) is -0.121. The first kappa shape index (κ1) is 16.7. The fraction of sp³-hybridized carbons (Fsp3) is 0.227. The molecule has 0 bridgehead atoms. The normalized spacial score (nSPS) is 13.8. The van der Waals surface area contributed by atoms with Crippen molar-refractivity contribution in [1.82, 2.24) is 9.55 Å². The third kappa shape index (κ3) is 2.60. The largest absolute Gasteiger partial charge is 0.448 e. The summed E-state index contributed by atoms with van der Waals surface area (Å²) in [6, 6.07) is 13.5. The van der Waals surface area contributed by atoms with E-state index in [1.54, 1.807) is 11.0 Å². The molecule has 0 fully saturated rings. The van der Waals surface area contributed by atoms with Crippen LogP contribution in [0, 0.1) is 6.92 Å². The molecule has 140 valence electrons. The predicted molar refractivity (Wildman–Crippen MR) is 108 cm³/mol. The molecule has 3 heterocycles. The van der Waals surface area contributed by atoms with Crippen LogP contribution in [0.4, 0.5) is 5.69 Å². The van der Waals surface area contributed by atoms with Crippen LogP contribution in [0.25, 0.3) is 22.1 Å². The van der Waals surface area contributed by atoms with Gasteiger partial charge in [0.2, 0.25) is 11.5 Å². The lowest BCUT2D eigenvalue weighted by Crippen LogP contribution is -2.39.